The number of rotatable bonds is 5. The van der Waals surface area contributed by atoms with Crippen LogP contribution in [0.2, 0.25) is 0 Å². The van der Waals surface area contributed by atoms with Crippen molar-refractivity contribution in [2.75, 3.05) is 6.54 Å². The summed E-state index contributed by atoms with van der Waals surface area (Å²) in [7, 11) is 0. The quantitative estimate of drug-likeness (QED) is 0.696. The van der Waals surface area contributed by atoms with Crippen molar-refractivity contribution in [2.24, 2.45) is 5.41 Å². The third-order valence-corrected chi connectivity index (χ3v) is 3.62. The Kier molecular flexibility index (Phi) is 3.80. The minimum atomic E-state index is -0.403. The molecule has 0 saturated carbocycles. The van der Waals surface area contributed by atoms with Crippen LogP contribution < -0.4 is 0 Å². The summed E-state index contributed by atoms with van der Waals surface area (Å²) >= 11 is 0. The van der Waals surface area contributed by atoms with Gasteiger partial charge in [-0.05, 0) is 18.8 Å². The molecule has 2 heterocycles. The largest absolute Gasteiger partial charge is 0.275 e. The van der Waals surface area contributed by atoms with E-state index in [9.17, 15) is 19.2 Å². The molecule has 6 heteroatoms. The van der Waals surface area contributed by atoms with Crippen molar-refractivity contribution in [1.29, 1.82) is 0 Å². The Bertz CT molecular complexity index is 538. The Morgan fingerprint density at radius 1 is 0.905 bits per heavy atom. The molecule has 2 aliphatic rings. The molecular weight excluding hydrogens is 272 g/mol. The molecule has 112 valence electrons. The molecule has 6 nitrogen and oxygen atoms in total. The molecule has 2 rings (SSSR count). The van der Waals surface area contributed by atoms with E-state index in [0.29, 0.717) is 6.42 Å². The van der Waals surface area contributed by atoms with Crippen LogP contribution >= 0.6 is 0 Å². The van der Waals surface area contributed by atoms with E-state index in [1.54, 1.807) is 6.92 Å². The molecule has 0 N–H and O–H groups in total. The van der Waals surface area contributed by atoms with Gasteiger partial charge < -0.3 is 0 Å². The molecule has 0 saturated heterocycles. The van der Waals surface area contributed by atoms with Crippen molar-refractivity contribution in [2.45, 2.75) is 33.2 Å². The highest BCUT2D eigenvalue weighted by atomic mass is 16.2. The first kappa shape index (κ1) is 15.2. The van der Waals surface area contributed by atoms with Crippen LogP contribution in [-0.2, 0) is 19.2 Å². The molecule has 0 radical (unpaired) electrons. The van der Waals surface area contributed by atoms with Gasteiger partial charge in [0.05, 0.1) is 0 Å². The zero-order valence-electron chi connectivity index (χ0n) is 12.3. The van der Waals surface area contributed by atoms with Crippen LogP contribution in [-0.4, -0.2) is 46.0 Å². The summed E-state index contributed by atoms with van der Waals surface area (Å²) in [5.41, 5.74) is -0.403. The van der Waals surface area contributed by atoms with E-state index in [2.05, 4.69) is 0 Å². The SMILES string of the molecule is CC(CC(C)(C)CN1C(=O)C=CC1=O)N1C(=O)C=CC1=O. The van der Waals surface area contributed by atoms with E-state index in [4.69, 9.17) is 0 Å². The molecule has 2 aliphatic heterocycles. The molecule has 21 heavy (non-hydrogen) atoms. The fourth-order valence-electron chi connectivity index (χ4n) is 2.82. The highest BCUT2D eigenvalue weighted by Crippen LogP contribution is 2.28. The molecule has 1 unspecified atom stereocenters. The first-order valence-corrected chi connectivity index (χ1v) is 6.80. The lowest BCUT2D eigenvalue weighted by Crippen LogP contribution is -2.44. The minimum Gasteiger partial charge on any atom is -0.275 e. The van der Waals surface area contributed by atoms with E-state index >= 15 is 0 Å². The van der Waals surface area contributed by atoms with Gasteiger partial charge in [-0.3, -0.25) is 29.0 Å². The fraction of sp³-hybridized carbons (Fsp3) is 0.467. The van der Waals surface area contributed by atoms with Gasteiger partial charge in [-0.25, -0.2) is 0 Å². The summed E-state index contributed by atoms with van der Waals surface area (Å²) in [5.74, 6) is -1.29. The average molecular weight is 290 g/mol. The lowest BCUT2D eigenvalue weighted by molar-refractivity contribution is -0.142. The monoisotopic (exact) mass is 290 g/mol. The molecule has 4 amide bonds. The van der Waals surface area contributed by atoms with Crippen LogP contribution in [0.1, 0.15) is 27.2 Å². The molecule has 0 bridgehead atoms. The maximum absolute atomic E-state index is 11.7. The molecule has 0 fully saturated rings. The molecule has 0 aliphatic carbocycles. The number of carbonyl (C=O) groups is 4. The van der Waals surface area contributed by atoms with Crippen molar-refractivity contribution in [3.63, 3.8) is 0 Å². The Labute approximate surface area is 123 Å². The van der Waals surface area contributed by atoms with Gasteiger partial charge in [0.1, 0.15) is 0 Å². The molecule has 1 atom stereocenters. The van der Waals surface area contributed by atoms with E-state index in [1.807, 2.05) is 13.8 Å². The Morgan fingerprint density at radius 3 is 1.81 bits per heavy atom. The average Bonchev–Trinajstić information content (AvgIpc) is 2.85. The van der Waals surface area contributed by atoms with Crippen LogP contribution in [0, 0.1) is 5.41 Å². The van der Waals surface area contributed by atoms with Gasteiger partial charge in [0.25, 0.3) is 23.6 Å². The van der Waals surface area contributed by atoms with Gasteiger partial charge in [0.2, 0.25) is 0 Å². The smallest absolute Gasteiger partial charge is 0.253 e. The predicted molar refractivity (Wildman–Crippen MR) is 74.7 cm³/mol. The molecule has 0 aromatic rings. The summed E-state index contributed by atoms with van der Waals surface area (Å²) in [5, 5.41) is 0. The second kappa shape index (κ2) is 5.27. The van der Waals surface area contributed by atoms with Crippen LogP contribution in [0.5, 0.6) is 0 Å². The summed E-state index contributed by atoms with van der Waals surface area (Å²) < 4.78 is 0. The second-order valence-electron chi connectivity index (χ2n) is 6.19. The third-order valence-electron chi connectivity index (χ3n) is 3.62. The highest BCUT2D eigenvalue weighted by Gasteiger charge is 2.35. The summed E-state index contributed by atoms with van der Waals surface area (Å²) in [6, 6.07) is -0.296. The maximum atomic E-state index is 11.7. The van der Waals surface area contributed by atoms with Gasteiger partial charge in [-0.2, -0.15) is 0 Å². The van der Waals surface area contributed by atoms with Crippen LogP contribution in [0.3, 0.4) is 0 Å². The van der Waals surface area contributed by atoms with E-state index < -0.39 is 5.41 Å². The standard InChI is InChI=1S/C15H18N2O4/c1-10(17-13(20)6-7-14(17)21)8-15(2,3)9-16-11(18)4-5-12(16)19/h4-7,10H,8-9H2,1-3H3. The summed E-state index contributed by atoms with van der Waals surface area (Å²) in [4.78, 5) is 48.9. The lowest BCUT2D eigenvalue weighted by atomic mass is 9.85. The summed E-state index contributed by atoms with van der Waals surface area (Å²) in [6.07, 6.45) is 5.51. The molecule has 0 spiro atoms. The first-order valence-electron chi connectivity index (χ1n) is 6.80. The topological polar surface area (TPSA) is 74.8 Å². The van der Waals surface area contributed by atoms with Crippen LogP contribution in [0.4, 0.5) is 0 Å². The number of nitrogens with zero attached hydrogens (tertiary/aromatic N) is 2. The maximum Gasteiger partial charge on any atom is 0.253 e. The Hall–Kier alpha value is -2.24. The van der Waals surface area contributed by atoms with Crippen molar-refractivity contribution in [3.8, 4) is 0 Å². The van der Waals surface area contributed by atoms with Gasteiger partial charge in [-0.1, -0.05) is 13.8 Å². The molecule has 0 aromatic heterocycles. The third kappa shape index (κ3) is 3.09. The minimum absolute atomic E-state index is 0.256. The zero-order chi connectivity index (χ0) is 15.8. The van der Waals surface area contributed by atoms with Crippen LogP contribution in [0.15, 0.2) is 24.3 Å². The van der Waals surface area contributed by atoms with Gasteiger partial charge in [0.15, 0.2) is 0 Å². The number of imide groups is 2. The first-order chi connectivity index (χ1) is 9.71. The van der Waals surface area contributed by atoms with E-state index in [-0.39, 0.29) is 36.2 Å². The highest BCUT2D eigenvalue weighted by molar-refractivity contribution is 6.13. The number of amides is 4. The number of carbonyl (C=O) groups excluding carboxylic acids is 4. The van der Waals surface area contributed by atoms with Crippen molar-refractivity contribution in [1.82, 2.24) is 9.80 Å². The number of hydrogen-bond acceptors (Lipinski definition) is 4. The molecule has 0 aromatic carbocycles. The summed E-state index contributed by atoms with van der Waals surface area (Å²) in [6.45, 7) is 5.85. The fourth-order valence-corrected chi connectivity index (χ4v) is 2.82. The second-order valence-corrected chi connectivity index (χ2v) is 6.19. The van der Waals surface area contributed by atoms with Gasteiger partial charge >= 0.3 is 0 Å². The van der Waals surface area contributed by atoms with Crippen LogP contribution in [0.25, 0.3) is 0 Å². The predicted octanol–water partition coefficient (Wildman–Crippen LogP) is 0.641. The van der Waals surface area contributed by atoms with Crippen molar-refractivity contribution in [3.05, 3.63) is 24.3 Å². The van der Waals surface area contributed by atoms with Gasteiger partial charge in [0, 0.05) is 36.9 Å². The van der Waals surface area contributed by atoms with E-state index in [0.717, 1.165) is 0 Å². The van der Waals surface area contributed by atoms with E-state index in [1.165, 1.54) is 34.1 Å². The van der Waals surface area contributed by atoms with Crippen molar-refractivity contribution < 1.29 is 19.2 Å². The van der Waals surface area contributed by atoms with Crippen molar-refractivity contribution >= 4 is 23.6 Å². The Balaban J connectivity index is 2.00. The zero-order valence-corrected chi connectivity index (χ0v) is 12.3. The number of hydrogen-bond donors (Lipinski definition) is 0. The normalized spacial score (nSPS) is 20.1. The lowest BCUT2D eigenvalue weighted by Gasteiger charge is -2.34. The molecular formula is C15H18N2O4. The van der Waals surface area contributed by atoms with Gasteiger partial charge in [-0.15, -0.1) is 0 Å². The Morgan fingerprint density at radius 2 is 1.33 bits per heavy atom.